The molecule has 7 nitrogen and oxygen atoms in total. The van der Waals surface area contributed by atoms with Crippen LogP contribution in [-0.2, 0) is 19.1 Å². The van der Waals surface area contributed by atoms with E-state index in [1.165, 1.54) is 7.11 Å². The van der Waals surface area contributed by atoms with Crippen LogP contribution in [0.15, 0.2) is 23.6 Å². The van der Waals surface area contributed by atoms with Crippen LogP contribution in [0.4, 0.5) is 5.69 Å². The molecule has 0 spiro atoms. The number of carboxylic acid groups (broad SMARTS) is 1. The van der Waals surface area contributed by atoms with Crippen molar-refractivity contribution < 1.29 is 29.0 Å². The molecule has 3 rings (SSSR count). The van der Waals surface area contributed by atoms with E-state index in [1.807, 2.05) is 0 Å². The monoisotopic (exact) mass is 323 g/mol. The van der Waals surface area contributed by atoms with Crippen LogP contribution in [0.1, 0.15) is 9.67 Å². The van der Waals surface area contributed by atoms with Gasteiger partial charge in [-0.25, -0.2) is 4.79 Å². The van der Waals surface area contributed by atoms with Gasteiger partial charge < -0.3 is 19.9 Å². The number of amides is 1. The Bertz CT molecular complexity index is 666. The quantitative estimate of drug-likeness (QED) is 0.636. The average Bonchev–Trinajstić information content (AvgIpc) is 3.20. The molecule has 116 valence electrons. The van der Waals surface area contributed by atoms with Crippen LogP contribution in [0.2, 0.25) is 0 Å². The molecule has 2 bridgehead atoms. The summed E-state index contributed by atoms with van der Waals surface area (Å²) in [6.45, 7) is 0. The molecule has 4 atom stereocenters. The van der Waals surface area contributed by atoms with Crippen molar-refractivity contribution in [1.82, 2.24) is 0 Å². The van der Waals surface area contributed by atoms with E-state index in [9.17, 15) is 19.5 Å². The smallest absolute Gasteiger partial charge is 0.350 e. The molecule has 0 unspecified atom stereocenters. The van der Waals surface area contributed by atoms with Crippen molar-refractivity contribution in [3.05, 3.63) is 28.5 Å². The second-order valence-electron chi connectivity index (χ2n) is 4.98. The summed E-state index contributed by atoms with van der Waals surface area (Å²) in [6, 6.07) is 1.58. The Kier molecular flexibility index (Phi) is 3.71. The number of thiophene rings is 1. The van der Waals surface area contributed by atoms with E-state index in [1.54, 1.807) is 23.6 Å². The van der Waals surface area contributed by atoms with E-state index >= 15 is 0 Å². The zero-order chi connectivity index (χ0) is 15.9. The SMILES string of the molecule is COC(=O)c1sccc1NC(=O)[C@@H]1[C@@H](C(=O)O)[C@@H]2C=C[C@H]1O2. The number of esters is 1. The Labute approximate surface area is 129 Å². The minimum absolute atomic E-state index is 0.266. The van der Waals surface area contributed by atoms with E-state index in [0.29, 0.717) is 5.69 Å². The predicted octanol–water partition coefficient (Wildman–Crippen LogP) is 1.13. The summed E-state index contributed by atoms with van der Waals surface area (Å²) >= 11 is 1.14. The normalized spacial score (nSPS) is 28.6. The highest BCUT2D eigenvalue weighted by Crippen LogP contribution is 2.40. The van der Waals surface area contributed by atoms with Crippen LogP contribution in [0, 0.1) is 11.8 Å². The number of ether oxygens (including phenoxy) is 2. The summed E-state index contributed by atoms with van der Waals surface area (Å²) in [5.74, 6) is -3.85. The van der Waals surface area contributed by atoms with Gasteiger partial charge in [-0.05, 0) is 11.4 Å². The molecule has 22 heavy (non-hydrogen) atoms. The molecule has 3 heterocycles. The molecule has 1 amide bonds. The molecule has 2 N–H and O–H groups in total. The number of carbonyl (C=O) groups excluding carboxylic acids is 2. The number of aliphatic carboxylic acids is 1. The van der Waals surface area contributed by atoms with Crippen molar-refractivity contribution in [3.63, 3.8) is 0 Å². The van der Waals surface area contributed by atoms with Gasteiger partial charge in [-0.15, -0.1) is 11.3 Å². The van der Waals surface area contributed by atoms with Crippen LogP contribution in [0.5, 0.6) is 0 Å². The average molecular weight is 323 g/mol. The van der Waals surface area contributed by atoms with Crippen LogP contribution in [0.3, 0.4) is 0 Å². The van der Waals surface area contributed by atoms with E-state index in [-0.39, 0.29) is 4.88 Å². The van der Waals surface area contributed by atoms with Gasteiger partial charge >= 0.3 is 11.9 Å². The molecular formula is C14H13NO6S. The third-order valence-electron chi connectivity index (χ3n) is 3.78. The van der Waals surface area contributed by atoms with Crippen LogP contribution < -0.4 is 5.32 Å². The summed E-state index contributed by atoms with van der Waals surface area (Å²) in [5.41, 5.74) is 0.317. The largest absolute Gasteiger partial charge is 0.481 e. The number of fused-ring (bicyclic) bond motifs is 2. The zero-order valence-electron chi connectivity index (χ0n) is 11.5. The van der Waals surface area contributed by atoms with Gasteiger partial charge in [0.2, 0.25) is 5.91 Å². The lowest BCUT2D eigenvalue weighted by Crippen LogP contribution is -2.39. The molecule has 1 aromatic heterocycles. The number of nitrogens with one attached hydrogen (secondary N) is 1. The number of carboxylic acids is 1. The van der Waals surface area contributed by atoms with Gasteiger partial charge in [-0.1, -0.05) is 12.2 Å². The summed E-state index contributed by atoms with van der Waals surface area (Å²) < 4.78 is 10.1. The van der Waals surface area contributed by atoms with Gasteiger partial charge in [0.25, 0.3) is 0 Å². The minimum atomic E-state index is -1.07. The fourth-order valence-electron chi connectivity index (χ4n) is 2.79. The first-order chi connectivity index (χ1) is 10.5. The van der Waals surface area contributed by atoms with E-state index < -0.39 is 41.9 Å². The fourth-order valence-corrected chi connectivity index (χ4v) is 3.56. The van der Waals surface area contributed by atoms with Crippen LogP contribution >= 0.6 is 11.3 Å². The minimum Gasteiger partial charge on any atom is -0.481 e. The van der Waals surface area contributed by atoms with E-state index in [0.717, 1.165) is 11.3 Å². The lowest BCUT2D eigenvalue weighted by Gasteiger charge is -2.20. The summed E-state index contributed by atoms with van der Waals surface area (Å²) in [6.07, 6.45) is 2.23. The molecular weight excluding hydrogens is 310 g/mol. The third kappa shape index (κ3) is 2.30. The Balaban J connectivity index is 1.80. The molecule has 0 aromatic carbocycles. The highest BCUT2D eigenvalue weighted by atomic mass is 32.1. The number of hydrogen-bond acceptors (Lipinski definition) is 6. The van der Waals surface area contributed by atoms with E-state index in [4.69, 9.17) is 4.74 Å². The molecule has 2 aliphatic rings. The molecule has 0 saturated carbocycles. The van der Waals surface area contributed by atoms with Crippen molar-refractivity contribution in [1.29, 1.82) is 0 Å². The maximum absolute atomic E-state index is 12.4. The molecule has 0 radical (unpaired) electrons. The standard InChI is InChI=1S/C14H13NO6S/c1-20-14(19)11-6(4-5-22-11)15-12(16)9-7-2-3-8(21-7)10(9)13(17)18/h2-5,7-10H,1H3,(H,15,16)(H,17,18)/t7-,8+,9+,10+/m1/s1. The Morgan fingerprint density at radius 2 is 1.95 bits per heavy atom. The van der Waals surface area contributed by atoms with Gasteiger partial charge in [-0.3, -0.25) is 9.59 Å². The predicted molar refractivity (Wildman–Crippen MR) is 76.7 cm³/mol. The van der Waals surface area contributed by atoms with Crippen molar-refractivity contribution >= 4 is 34.9 Å². The van der Waals surface area contributed by atoms with Crippen molar-refractivity contribution in [2.75, 3.05) is 12.4 Å². The number of rotatable bonds is 4. The van der Waals surface area contributed by atoms with E-state index in [2.05, 4.69) is 10.1 Å². The van der Waals surface area contributed by atoms with Crippen molar-refractivity contribution in [2.45, 2.75) is 12.2 Å². The molecule has 0 aliphatic carbocycles. The Morgan fingerprint density at radius 1 is 1.27 bits per heavy atom. The summed E-state index contributed by atoms with van der Waals surface area (Å²) in [5, 5.41) is 13.6. The second kappa shape index (κ2) is 5.54. The molecule has 1 saturated heterocycles. The van der Waals surface area contributed by atoms with Crippen LogP contribution in [-0.4, -0.2) is 42.3 Å². The maximum Gasteiger partial charge on any atom is 0.350 e. The molecule has 1 fully saturated rings. The fraction of sp³-hybridized carbons (Fsp3) is 0.357. The van der Waals surface area contributed by atoms with Gasteiger partial charge in [-0.2, -0.15) is 0 Å². The lowest BCUT2D eigenvalue weighted by molar-refractivity contribution is -0.145. The van der Waals surface area contributed by atoms with Gasteiger partial charge in [0.15, 0.2) is 0 Å². The Hall–Kier alpha value is -2.19. The first-order valence-corrected chi connectivity index (χ1v) is 7.44. The first kappa shape index (κ1) is 14.7. The van der Waals surface area contributed by atoms with Gasteiger partial charge in [0.1, 0.15) is 10.8 Å². The van der Waals surface area contributed by atoms with Crippen molar-refractivity contribution in [3.8, 4) is 0 Å². The molecule has 8 heteroatoms. The summed E-state index contributed by atoms with van der Waals surface area (Å²) in [4.78, 5) is 35.7. The number of methoxy groups -OCH3 is 1. The highest BCUT2D eigenvalue weighted by molar-refractivity contribution is 7.12. The molecule has 2 aliphatic heterocycles. The lowest BCUT2D eigenvalue weighted by atomic mass is 9.82. The van der Waals surface area contributed by atoms with Crippen LogP contribution in [0.25, 0.3) is 0 Å². The van der Waals surface area contributed by atoms with Gasteiger partial charge in [0, 0.05) is 0 Å². The topological polar surface area (TPSA) is 102 Å². The highest BCUT2D eigenvalue weighted by Gasteiger charge is 2.53. The van der Waals surface area contributed by atoms with Crippen molar-refractivity contribution in [2.24, 2.45) is 11.8 Å². The second-order valence-corrected chi connectivity index (χ2v) is 5.90. The Morgan fingerprint density at radius 3 is 2.59 bits per heavy atom. The third-order valence-corrected chi connectivity index (χ3v) is 4.68. The molecule has 1 aromatic rings. The number of carbonyl (C=O) groups is 3. The van der Waals surface area contributed by atoms with Gasteiger partial charge in [0.05, 0.1) is 30.9 Å². The zero-order valence-corrected chi connectivity index (χ0v) is 12.3. The summed E-state index contributed by atoms with van der Waals surface area (Å²) in [7, 11) is 1.25. The first-order valence-electron chi connectivity index (χ1n) is 6.56. The number of hydrogen-bond donors (Lipinski definition) is 2. The number of anilines is 1. The maximum atomic E-state index is 12.4.